The first-order valence-corrected chi connectivity index (χ1v) is 9.42. The molecule has 0 bridgehead atoms. The zero-order valence-electron chi connectivity index (χ0n) is 15.5. The molecule has 0 unspecified atom stereocenters. The Bertz CT molecular complexity index is 1090. The molecule has 0 amide bonds. The van der Waals surface area contributed by atoms with Gasteiger partial charge in [0, 0.05) is 5.56 Å². The quantitative estimate of drug-likeness (QED) is 0.319. The Hall–Kier alpha value is -3.17. The van der Waals surface area contributed by atoms with Crippen molar-refractivity contribution in [1.82, 2.24) is 0 Å². The number of benzene rings is 3. The van der Waals surface area contributed by atoms with E-state index >= 15 is 0 Å². The highest BCUT2D eigenvalue weighted by atomic mass is 79.9. The Kier molecular flexibility index (Phi) is 6.63. The number of nitriles is 1. The van der Waals surface area contributed by atoms with Gasteiger partial charge in [0.2, 0.25) is 0 Å². The van der Waals surface area contributed by atoms with E-state index in [0.29, 0.717) is 21.5 Å². The van der Waals surface area contributed by atoms with Crippen LogP contribution in [0.15, 0.2) is 65.1 Å². The lowest BCUT2D eigenvalue weighted by atomic mass is 10.0. The van der Waals surface area contributed by atoms with Crippen molar-refractivity contribution in [2.75, 3.05) is 7.11 Å². The maximum absolute atomic E-state index is 14.0. The van der Waals surface area contributed by atoms with Crippen LogP contribution in [-0.2, 0) is 6.61 Å². The fourth-order valence-electron chi connectivity index (χ4n) is 2.72. The summed E-state index contributed by atoms with van der Waals surface area (Å²) in [6, 6.07) is 17.6. The minimum absolute atomic E-state index is 0.192. The molecular weight excluding hydrogens is 440 g/mol. The fraction of sp³-hybridized carbons (Fsp3) is 0.0870. The Morgan fingerprint density at radius 3 is 2.48 bits per heavy atom. The molecule has 3 aromatic rings. The molecule has 0 heterocycles. The van der Waals surface area contributed by atoms with Crippen molar-refractivity contribution in [2.24, 2.45) is 0 Å². The van der Waals surface area contributed by atoms with Crippen molar-refractivity contribution >= 4 is 27.6 Å². The Balaban J connectivity index is 1.90. The van der Waals surface area contributed by atoms with Gasteiger partial charge in [0.25, 0.3) is 0 Å². The summed E-state index contributed by atoms with van der Waals surface area (Å²) in [5.74, 6) is 0.134. The predicted molar refractivity (Wildman–Crippen MR) is 111 cm³/mol. The summed E-state index contributed by atoms with van der Waals surface area (Å²) in [4.78, 5) is 0. The molecule has 0 saturated heterocycles. The van der Waals surface area contributed by atoms with Gasteiger partial charge in [0.05, 0.1) is 23.2 Å². The van der Waals surface area contributed by atoms with Gasteiger partial charge in [-0.1, -0.05) is 30.3 Å². The summed E-state index contributed by atoms with van der Waals surface area (Å²) >= 11 is 3.46. The largest absolute Gasteiger partial charge is 0.493 e. The molecule has 0 atom stereocenters. The maximum atomic E-state index is 14.0. The van der Waals surface area contributed by atoms with Gasteiger partial charge in [0.1, 0.15) is 18.2 Å². The zero-order valence-corrected chi connectivity index (χ0v) is 17.0. The van der Waals surface area contributed by atoms with Gasteiger partial charge in [-0.25, -0.2) is 8.78 Å². The van der Waals surface area contributed by atoms with Crippen LogP contribution in [0.2, 0.25) is 0 Å². The second-order valence-corrected chi connectivity index (χ2v) is 6.95. The molecule has 0 fully saturated rings. The Morgan fingerprint density at radius 2 is 1.83 bits per heavy atom. The number of allylic oxidation sites excluding steroid dienone is 1. The number of nitrogens with zero attached hydrogens (tertiary/aromatic N) is 1. The molecule has 29 heavy (non-hydrogen) atoms. The summed E-state index contributed by atoms with van der Waals surface area (Å²) in [6.45, 7) is 0.225. The van der Waals surface area contributed by atoms with Crippen LogP contribution in [0.25, 0.3) is 11.6 Å². The second-order valence-electron chi connectivity index (χ2n) is 6.10. The average Bonchev–Trinajstić information content (AvgIpc) is 2.72. The summed E-state index contributed by atoms with van der Waals surface area (Å²) < 4.78 is 38.9. The van der Waals surface area contributed by atoms with E-state index in [1.54, 1.807) is 48.5 Å². The van der Waals surface area contributed by atoms with Crippen LogP contribution in [0.1, 0.15) is 16.7 Å². The van der Waals surface area contributed by atoms with E-state index in [4.69, 9.17) is 9.47 Å². The first kappa shape index (κ1) is 20.6. The monoisotopic (exact) mass is 455 g/mol. The maximum Gasteiger partial charge on any atom is 0.175 e. The lowest BCUT2D eigenvalue weighted by Crippen LogP contribution is -1.99. The van der Waals surface area contributed by atoms with Crippen molar-refractivity contribution in [1.29, 1.82) is 5.26 Å². The number of halogens is 3. The van der Waals surface area contributed by atoms with Crippen molar-refractivity contribution in [3.05, 3.63) is 93.5 Å². The predicted octanol–water partition coefficient (Wildman–Crippen LogP) is 6.38. The number of methoxy groups -OCH3 is 1. The molecule has 0 spiro atoms. The summed E-state index contributed by atoms with van der Waals surface area (Å²) in [7, 11) is 1.50. The van der Waals surface area contributed by atoms with Gasteiger partial charge < -0.3 is 9.47 Å². The van der Waals surface area contributed by atoms with E-state index < -0.39 is 5.82 Å². The zero-order chi connectivity index (χ0) is 20.8. The third kappa shape index (κ3) is 5.01. The highest BCUT2D eigenvalue weighted by Gasteiger charge is 2.13. The summed E-state index contributed by atoms with van der Waals surface area (Å²) in [6.07, 6.45) is 1.58. The minimum Gasteiger partial charge on any atom is -0.493 e. The lowest BCUT2D eigenvalue weighted by Gasteiger charge is -2.14. The number of rotatable bonds is 6. The molecule has 3 aromatic carbocycles. The first-order chi connectivity index (χ1) is 14.0. The van der Waals surface area contributed by atoms with Crippen LogP contribution in [-0.4, -0.2) is 7.11 Å². The lowest BCUT2D eigenvalue weighted by molar-refractivity contribution is 0.282. The second kappa shape index (κ2) is 9.35. The molecule has 0 aliphatic carbocycles. The van der Waals surface area contributed by atoms with Crippen molar-refractivity contribution in [3.63, 3.8) is 0 Å². The minimum atomic E-state index is -0.467. The van der Waals surface area contributed by atoms with Gasteiger partial charge in [-0.15, -0.1) is 0 Å². The number of hydrogen-bond donors (Lipinski definition) is 0. The van der Waals surface area contributed by atoms with Crippen LogP contribution < -0.4 is 9.47 Å². The van der Waals surface area contributed by atoms with E-state index in [0.717, 1.165) is 5.56 Å². The van der Waals surface area contributed by atoms with E-state index in [-0.39, 0.29) is 23.6 Å². The molecule has 0 N–H and O–H groups in total. The molecule has 0 radical (unpaired) electrons. The van der Waals surface area contributed by atoms with E-state index in [9.17, 15) is 14.0 Å². The third-order valence-corrected chi connectivity index (χ3v) is 4.73. The van der Waals surface area contributed by atoms with Crippen LogP contribution in [0.5, 0.6) is 11.5 Å². The van der Waals surface area contributed by atoms with Gasteiger partial charge in [-0.2, -0.15) is 5.26 Å². The van der Waals surface area contributed by atoms with Gasteiger partial charge in [-0.05, 0) is 63.5 Å². The molecule has 0 saturated carbocycles. The molecule has 3 nitrogen and oxygen atoms in total. The van der Waals surface area contributed by atoms with E-state index in [1.165, 1.54) is 25.3 Å². The normalized spacial score (nSPS) is 11.1. The molecule has 3 rings (SSSR count). The van der Waals surface area contributed by atoms with Crippen molar-refractivity contribution in [3.8, 4) is 17.6 Å². The van der Waals surface area contributed by atoms with Gasteiger partial charge in [0.15, 0.2) is 11.5 Å². The molecule has 146 valence electrons. The average molecular weight is 456 g/mol. The molecule has 0 aromatic heterocycles. The van der Waals surface area contributed by atoms with E-state index in [1.807, 2.05) is 6.07 Å². The van der Waals surface area contributed by atoms with Gasteiger partial charge in [-0.3, -0.25) is 0 Å². The van der Waals surface area contributed by atoms with Gasteiger partial charge >= 0.3 is 0 Å². The van der Waals surface area contributed by atoms with Crippen LogP contribution in [0, 0.1) is 23.0 Å². The van der Waals surface area contributed by atoms with Crippen LogP contribution in [0.4, 0.5) is 8.78 Å². The Morgan fingerprint density at radius 1 is 1.10 bits per heavy atom. The van der Waals surface area contributed by atoms with Crippen molar-refractivity contribution < 1.29 is 18.3 Å². The first-order valence-electron chi connectivity index (χ1n) is 8.63. The van der Waals surface area contributed by atoms with E-state index in [2.05, 4.69) is 15.9 Å². The van der Waals surface area contributed by atoms with Crippen molar-refractivity contribution in [2.45, 2.75) is 6.61 Å². The fourth-order valence-corrected chi connectivity index (χ4v) is 3.29. The smallest absolute Gasteiger partial charge is 0.175 e. The molecular formula is C23H16BrF2NO2. The topological polar surface area (TPSA) is 42.2 Å². The third-order valence-electron chi connectivity index (χ3n) is 4.14. The summed E-state index contributed by atoms with van der Waals surface area (Å²) in [5, 5.41) is 9.47. The summed E-state index contributed by atoms with van der Waals surface area (Å²) in [5.41, 5.74) is 1.86. The van der Waals surface area contributed by atoms with Crippen LogP contribution in [0.3, 0.4) is 0 Å². The number of hydrogen-bond acceptors (Lipinski definition) is 3. The molecule has 6 heteroatoms. The highest BCUT2D eigenvalue weighted by molar-refractivity contribution is 9.10. The Labute approximate surface area is 175 Å². The molecule has 0 aliphatic rings. The standard InChI is InChI=1S/C23H16BrF2NO2/c1-28-22-12-16(10-17(13-27)19-4-2-3-5-21(19)26)11-20(24)23(22)29-14-15-6-8-18(25)9-7-15/h2-12H,14H2,1H3/b17-10-. The SMILES string of the molecule is COc1cc(/C=C(/C#N)c2ccccc2F)cc(Br)c1OCc1ccc(F)cc1. The number of ether oxygens (including phenoxy) is 2. The van der Waals surface area contributed by atoms with Crippen LogP contribution >= 0.6 is 15.9 Å². The molecule has 0 aliphatic heterocycles. The highest BCUT2D eigenvalue weighted by Crippen LogP contribution is 2.38.